The van der Waals surface area contributed by atoms with E-state index >= 15 is 0 Å². The molecular formula is C16H19N3O3. The van der Waals surface area contributed by atoms with Crippen LogP contribution in [0.4, 0.5) is 0 Å². The number of amides is 1. The minimum atomic E-state index is -0.197. The molecule has 1 amide bonds. The summed E-state index contributed by atoms with van der Waals surface area (Å²) in [6, 6.07) is 5.57. The summed E-state index contributed by atoms with van der Waals surface area (Å²) >= 11 is 0. The minimum absolute atomic E-state index is 0.197. The molecule has 2 rings (SSSR count). The Morgan fingerprint density at radius 3 is 2.55 bits per heavy atom. The standard InChI is InChI=1S/C16H19N3O3/c1-11-8-18-13(9-17-11)16(20)19(2)10-12-6-5-7-14(21-3)15(12)22-4/h5-9H,10H2,1-4H3. The van der Waals surface area contributed by atoms with Gasteiger partial charge in [0.2, 0.25) is 0 Å². The third-order valence-electron chi connectivity index (χ3n) is 3.24. The first-order chi connectivity index (χ1) is 10.6. The molecule has 0 aliphatic carbocycles. The minimum Gasteiger partial charge on any atom is -0.493 e. The maximum absolute atomic E-state index is 12.4. The van der Waals surface area contributed by atoms with E-state index < -0.39 is 0 Å². The van der Waals surface area contributed by atoms with Crippen LogP contribution in [0, 0.1) is 6.92 Å². The Kier molecular flexibility index (Phi) is 4.93. The Bertz CT molecular complexity index is 656. The van der Waals surface area contributed by atoms with Crippen LogP contribution in [0.2, 0.25) is 0 Å². The van der Waals surface area contributed by atoms with E-state index in [0.717, 1.165) is 11.3 Å². The van der Waals surface area contributed by atoms with Gasteiger partial charge in [0.05, 0.1) is 26.1 Å². The van der Waals surface area contributed by atoms with Crippen molar-refractivity contribution in [3.05, 3.63) is 47.5 Å². The monoisotopic (exact) mass is 301 g/mol. The summed E-state index contributed by atoms with van der Waals surface area (Å²) in [5, 5.41) is 0. The van der Waals surface area contributed by atoms with Crippen molar-refractivity contribution in [2.45, 2.75) is 13.5 Å². The molecule has 22 heavy (non-hydrogen) atoms. The van der Waals surface area contributed by atoms with E-state index in [9.17, 15) is 4.79 Å². The predicted octanol–water partition coefficient (Wildman–Crippen LogP) is 2.07. The summed E-state index contributed by atoms with van der Waals surface area (Å²) in [5.41, 5.74) is 1.95. The molecule has 0 spiro atoms. The summed E-state index contributed by atoms with van der Waals surface area (Å²) < 4.78 is 10.6. The van der Waals surface area contributed by atoms with Crippen LogP contribution in [0.5, 0.6) is 11.5 Å². The van der Waals surface area contributed by atoms with Crippen LogP contribution in [0.25, 0.3) is 0 Å². The lowest BCUT2D eigenvalue weighted by Crippen LogP contribution is -2.27. The first-order valence-electron chi connectivity index (χ1n) is 6.80. The van der Waals surface area contributed by atoms with Crippen LogP contribution < -0.4 is 9.47 Å². The zero-order valence-corrected chi connectivity index (χ0v) is 13.2. The molecule has 1 aromatic carbocycles. The van der Waals surface area contributed by atoms with Crippen LogP contribution >= 0.6 is 0 Å². The van der Waals surface area contributed by atoms with Gasteiger partial charge >= 0.3 is 0 Å². The first kappa shape index (κ1) is 15.8. The zero-order valence-electron chi connectivity index (χ0n) is 13.2. The average Bonchev–Trinajstić information content (AvgIpc) is 2.54. The second-order valence-electron chi connectivity index (χ2n) is 4.86. The molecule has 116 valence electrons. The highest BCUT2D eigenvalue weighted by Crippen LogP contribution is 2.31. The number of carbonyl (C=O) groups excluding carboxylic acids is 1. The van der Waals surface area contributed by atoms with Crippen LogP contribution in [0.3, 0.4) is 0 Å². The Labute approximate surface area is 129 Å². The Balaban J connectivity index is 2.20. The lowest BCUT2D eigenvalue weighted by Gasteiger charge is -2.19. The van der Waals surface area contributed by atoms with Gasteiger partial charge in [-0.15, -0.1) is 0 Å². The molecule has 0 aliphatic rings. The Morgan fingerprint density at radius 1 is 1.18 bits per heavy atom. The van der Waals surface area contributed by atoms with E-state index in [-0.39, 0.29) is 5.91 Å². The van der Waals surface area contributed by atoms with Gasteiger partial charge in [0, 0.05) is 25.4 Å². The maximum Gasteiger partial charge on any atom is 0.274 e. The van der Waals surface area contributed by atoms with Gasteiger partial charge in [-0.05, 0) is 13.0 Å². The fraction of sp³-hybridized carbons (Fsp3) is 0.312. The van der Waals surface area contributed by atoms with Crippen molar-refractivity contribution in [2.24, 2.45) is 0 Å². The third-order valence-corrected chi connectivity index (χ3v) is 3.24. The van der Waals surface area contributed by atoms with Crippen LogP contribution in [0.15, 0.2) is 30.6 Å². The predicted molar refractivity (Wildman–Crippen MR) is 82.1 cm³/mol. The van der Waals surface area contributed by atoms with Gasteiger partial charge < -0.3 is 14.4 Å². The first-order valence-corrected chi connectivity index (χ1v) is 6.80. The Morgan fingerprint density at radius 2 is 1.95 bits per heavy atom. The highest BCUT2D eigenvalue weighted by Gasteiger charge is 2.17. The molecule has 6 nitrogen and oxygen atoms in total. The van der Waals surface area contributed by atoms with Crippen molar-refractivity contribution in [1.29, 1.82) is 0 Å². The SMILES string of the molecule is COc1cccc(CN(C)C(=O)c2cnc(C)cn2)c1OC. The van der Waals surface area contributed by atoms with Crippen molar-refractivity contribution in [3.63, 3.8) is 0 Å². The van der Waals surface area contributed by atoms with Crippen molar-refractivity contribution in [2.75, 3.05) is 21.3 Å². The number of hydrogen-bond acceptors (Lipinski definition) is 5. The van der Waals surface area contributed by atoms with Crippen molar-refractivity contribution >= 4 is 5.91 Å². The van der Waals surface area contributed by atoms with Gasteiger partial charge in [0.1, 0.15) is 5.69 Å². The number of rotatable bonds is 5. The van der Waals surface area contributed by atoms with Gasteiger partial charge in [-0.2, -0.15) is 0 Å². The number of ether oxygens (including phenoxy) is 2. The molecule has 1 heterocycles. The molecule has 6 heteroatoms. The lowest BCUT2D eigenvalue weighted by molar-refractivity contribution is 0.0777. The molecule has 0 aliphatic heterocycles. The average molecular weight is 301 g/mol. The molecule has 2 aromatic rings. The second-order valence-corrected chi connectivity index (χ2v) is 4.86. The maximum atomic E-state index is 12.4. The van der Waals surface area contributed by atoms with Crippen molar-refractivity contribution < 1.29 is 14.3 Å². The van der Waals surface area contributed by atoms with Crippen molar-refractivity contribution in [1.82, 2.24) is 14.9 Å². The van der Waals surface area contributed by atoms with E-state index in [1.165, 1.54) is 6.20 Å². The number of benzene rings is 1. The summed E-state index contributed by atoms with van der Waals surface area (Å²) in [6.45, 7) is 2.21. The second kappa shape index (κ2) is 6.89. The molecule has 0 saturated heterocycles. The van der Waals surface area contributed by atoms with Gasteiger partial charge in [-0.25, -0.2) is 4.98 Å². The van der Waals surface area contributed by atoms with Gasteiger partial charge in [-0.3, -0.25) is 9.78 Å². The molecule has 0 radical (unpaired) electrons. The number of para-hydroxylation sites is 1. The molecule has 0 unspecified atom stereocenters. The number of nitrogens with zero attached hydrogens (tertiary/aromatic N) is 3. The number of methoxy groups -OCH3 is 2. The smallest absolute Gasteiger partial charge is 0.274 e. The molecule has 0 bridgehead atoms. The largest absolute Gasteiger partial charge is 0.493 e. The third kappa shape index (κ3) is 3.33. The molecule has 0 fully saturated rings. The van der Waals surface area contributed by atoms with E-state index in [1.807, 2.05) is 25.1 Å². The fourth-order valence-electron chi connectivity index (χ4n) is 2.10. The highest BCUT2D eigenvalue weighted by molar-refractivity contribution is 5.91. The summed E-state index contributed by atoms with van der Waals surface area (Å²) in [7, 11) is 4.87. The van der Waals surface area contributed by atoms with Crippen molar-refractivity contribution in [3.8, 4) is 11.5 Å². The molecule has 0 atom stereocenters. The van der Waals surface area contributed by atoms with Gasteiger partial charge in [0.15, 0.2) is 11.5 Å². The zero-order chi connectivity index (χ0) is 16.1. The quantitative estimate of drug-likeness (QED) is 0.846. The number of hydrogen-bond donors (Lipinski definition) is 0. The topological polar surface area (TPSA) is 64.5 Å². The van der Waals surface area contributed by atoms with E-state index in [0.29, 0.717) is 23.7 Å². The summed E-state index contributed by atoms with van der Waals surface area (Å²) in [5.74, 6) is 1.06. The number of carbonyl (C=O) groups is 1. The summed E-state index contributed by atoms with van der Waals surface area (Å²) in [4.78, 5) is 22.1. The van der Waals surface area contributed by atoms with Gasteiger partial charge in [-0.1, -0.05) is 12.1 Å². The molecule has 0 saturated carbocycles. The van der Waals surface area contributed by atoms with E-state index in [4.69, 9.17) is 9.47 Å². The normalized spacial score (nSPS) is 10.2. The van der Waals surface area contributed by atoms with Crippen LogP contribution in [-0.4, -0.2) is 42.0 Å². The fourth-order valence-corrected chi connectivity index (χ4v) is 2.10. The highest BCUT2D eigenvalue weighted by atomic mass is 16.5. The molecular weight excluding hydrogens is 282 g/mol. The lowest BCUT2D eigenvalue weighted by atomic mass is 10.1. The number of aromatic nitrogens is 2. The molecule has 0 N–H and O–H groups in total. The van der Waals surface area contributed by atoms with E-state index in [1.54, 1.807) is 32.4 Å². The van der Waals surface area contributed by atoms with E-state index in [2.05, 4.69) is 9.97 Å². The van der Waals surface area contributed by atoms with Crippen LogP contribution in [0.1, 0.15) is 21.7 Å². The van der Waals surface area contributed by atoms with Gasteiger partial charge in [0.25, 0.3) is 5.91 Å². The number of aryl methyl sites for hydroxylation is 1. The van der Waals surface area contributed by atoms with Crippen LogP contribution in [-0.2, 0) is 6.54 Å². The summed E-state index contributed by atoms with van der Waals surface area (Å²) in [6.07, 6.45) is 3.06. The Hall–Kier alpha value is -2.63. The molecule has 1 aromatic heterocycles.